The molecule has 5 nitrogen and oxygen atoms in total. The first-order valence-electron chi connectivity index (χ1n) is 4.18. The van der Waals surface area contributed by atoms with Gasteiger partial charge in [0.1, 0.15) is 0 Å². The van der Waals surface area contributed by atoms with Gasteiger partial charge in [0.25, 0.3) is 0 Å². The van der Waals surface area contributed by atoms with Crippen LogP contribution < -0.4 is 5.32 Å². The van der Waals surface area contributed by atoms with Crippen molar-refractivity contribution in [3.8, 4) is 0 Å². The topological polar surface area (TPSA) is 64.6 Å². The molecule has 0 atom stereocenters. The fraction of sp³-hybridized carbons (Fsp3) is 0.750. The van der Waals surface area contributed by atoms with Gasteiger partial charge >= 0.3 is 12.1 Å². The third-order valence-corrected chi connectivity index (χ3v) is 1.31. The Morgan fingerprint density at radius 2 is 2.08 bits per heavy atom. The number of rotatable bonds is 5. The van der Waals surface area contributed by atoms with E-state index in [0.717, 1.165) is 0 Å². The minimum absolute atomic E-state index is 0.237. The average Bonchev–Trinajstić information content (AvgIpc) is 2.12. The second kappa shape index (κ2) is 7.39. The maximum absolute atomic E-state index is 10.7. The number of ether oxygens (including phenoxy) is 2. The highest BCUT2D eigenvalue weighted by Gasteiger charge is 2.02. The van der Waals surface area contributed by atoms with E-state index in [9.17, 15) is 9.59 Å². The largest absolute Gasteiger partial charge is 0.469 e. The van der Waals surface area contributed by atoms with Crippen molar-refractivity contribution in [3.05, 3.63) is 0 Å². The molecule has 1 amide bonds. The number of carbonyl (C=O) groups excluding carboxylic acids is 2. The van der Waals surface area contributed by atoms with Crippen molar-refractivity contribution in [2.75, 3.05) is 20.3 Å². The molecule has 0 saturated heterocycles. The molecular weight excluding hydrogens is 174 g/mol. The molecule has 0 aliphatic rings. The summed E-state index contributed by atoms with van der Waals surface area (Å²) in [6, 6.07) is 0. The molecule has 76 valence electrons. The first-order chi connectivity index (χ1) is 6.20. The Hall–Kier alpha value is -1.26. The molecule has 0 aromatic heterocycles. The summed E-state index contributed by atoms with van der Waals surface area (Å²) in [6.07, 6.45) is 0.312. The molecule has 0 aliphatic heterocycles. The Bertz CT molecular complexity index is 170. The monoisotopic (exact) mass is 189 g/mol. The van der Waals surface area contributed by atoms with E-state index in [-0.39, 0.29) is 19.0 Å². The van der Waals surface area contributed by atoms with Crippen molar-refractivity contribution in [3.63, 3.8) is 0 Å². The smallest absolute Gasteiger partial charge is 0.407 e. The van der Waals surface area contributed by atoms with Crippen LogP contribution in [0, 0.1) is 0 Å². The van der Waals surface area contributed by atoms with E-state index in [4.69, 9.17) is 4.74 Å². The number of carbonyl (C=O) groups is 2. The molecule has 5 heteroatoms. The predicted molar refractivity (Wildman–Crippen MR) is 46.3 cm³/mol. The van der Waals surface area contributed by atoms with E-state index in [1.807, 2.05) is 0 Å². The Labute approximate surface area is 77.4 Å². The van der Waals surface area contributed by atoms with Gasteiger partial charge in [-0.3, -0.25) is 4.79 Å². The SMILES string of the molecule is CCNC(=O)OCCCC(=O)OC. The zero-order chi connectivity index (χ0) is 10.1. The van der Waals surface area contributed by atoms with Crippen LogP contribution in [0.5, 0.6) is 0 Å². The summed E-state index contributed by atoms with van der Waals surface area (Å²) in [6.45, 7) is 2.58. The highest BCUT2D eigenvalue weighted by molar-refractivity contribution is 5.69. The Morgan fingerprint density at radius 3 is 2.62 bits per heavy atom. The van der Waals surface area contributed by atoms with Crippen LogP contribution in [0.3, 0.4) is 0 Å². The fourth-order valence-corrected chi connectivity index (χ4v) is 0.679. The minimum atomic E-state index is -0.452. The Kier molecular flexibility index (Phi) is 6.68. The number of hydrogen-bond donors (Lipinski definition) is 1. The zero-order valence-electron chi connectivity index (χ0n) is 7.96. The summed E-state index contributed by atoms with van der Waals surface area (Å²) in [4.78, 5) is 21.3. The van der Waals surface area contributed by atoms with E-state index in [1.54, 1.807) is 6.92 Å². The second-order valence-electron chi connectivity index (χ2n) is 2.35. The molecule has 0 heterocycles. The van der Waals surface area contributed by atoms with Crippen LogP contribution in [0.15, 0.2) is 0 Å². The van der Waals surface area contributed by atoms with Crippen LogP contribution in [0.1, 0.15) is 19.8 Å². The number of alkyl carbamates (subject to hydrolysis) is 1. The van der Waals surface area contributed by atoms with Gasteiger partial charge in [0, 0.05) is 13.0 Å². The maximum atomic E-state index is 10.7. The Morgan fingerprint density at radius 1 is 1.38 bits per heavy atom. The van der Waals surface area contributed by atoms with E-state index in [2.05, 4.69) is 10.1 Å². The molecule has 0 fully saturated rings. The van der Waals surface area contributed by atoms with Gasteiger partial charge in [-0.1, -0.05) is 0 Å². The van der Waals surface area contributed by atoms with E-state index >= 15 is 0 Å². The summed E-state index contributed by atoms with van der Waals surface area (Å²) in [5.41, 5.74) is 0. The molecule has 0 aliphatic carbocycles. The lowest BCUT2D eigenvalue weighted by molar-refractivity contribution is -0.140. The lowest BCUT2D eigenvalue weighted by Crippen LogP contribution is -2.24. The summed E-state index contributed by atoms with van der Waals surface area (Å²) in [7, 11) is 1.33. The molecule has 1 N–H and O–H groups in total. The molecule has 0 radical (unpaired) electrons. The lowest BCUT2D eigenvalue weighted by Gasteiger charge is -2.03. The third-order valence-electron chi connectivity index (χ3n) is 1.31. The predicted octanol–water partition coefficient (Wildman–Crippen LogP) is 0.686. The van der Waals surface area contributed by atoms with Gasteiger partial charge in [0.2, 0.25) is 0 Å². The summed E-state index contributed by atoms with van der Waals surface area (Å²) >= 11 is 0. The number of amides is 1. The van der Waals surface area contributed by atoms with Crippen molar-refractivity contribution in [1.29, 1.82) is 0 Å². The first-order valence-corrected chi connectivity index (χ1v) is 4.18. The standard InChI is InChI=1S/C8H15NO4/c1-3-9-8(11)13-6-4-5-7(10)12-2/h3-6H2,1-2H3,(H,9,11). The summed E-state index contributed by atoms with van der Waals surface area (Å²) in [5, 5.41) is 2.47. The number of nitrogens with one attached hydrogen (secondary N) is 1. The molecule has 0 spiro atoms. The first kappa shape index (κ1) is 11.7. The molecule has 0 saturated carbocycles. The molecule has 0 bridgehead atoms. The van der Waals surface area contributed by atoms with Gasteiger partial charge in [-0.25, -0.2) is 4.79 Å². The average molecular weight is 189 g/mol. The van der Waals surface area contributed by atoms with Gasteiger partial charge in [0.15, 0.2) is 0 Å². The van der Waals surface area contributed by atoms with Crippen LogP contribution in [0.25, 0.3) is 0 Å². The lowest BCUT2D eigenvalue weighted by atomic mass is 10.3. The van der Waals surface area contributed by atoms with Gasteiger partial charge in [0.05, 0.1) is 13.7 Å². The molecule has 0 aromatic rings. The van der Waals surface area contributed by atoms with Crippen LogP contribution >= 0.6 is 0 Å². The molecule has 0 rings (SSSR count). The molecule has 0 aromatic carbocycles. The van der Waals surface area contributed by atoms with Gasteiger partial charge in [-0.15, -0.1) is 0 Å². The van der Waals surface area contributed by atoms with E-state index in [1.165, 1.54) is 7.11 Å². The van der Waals surface area contributed by atoms with Crippen LogP contribution in [0.4, 0.5) is 4.79 Å². The van der Waals surface area contributed by atoms with Crippen molar-refractivity contribution in [2.24, 2.45) is 0 Å². The zero-order valence-corrected chi connectivity index (χ0v) is 7.96. The fourth-order valence-electron chi connectivity index (χ4n) is 0.679. The maximum Gasteiger partial charge on any atom is 0.407 e. The Balaban J connectivity index is 3.25. The number of esters is 1. The molecular formula is C8H15NO4. The van der Waals surface area contributed by atoms with E-state index in [0.29, 0.717) is 13.0 Å². The highest BCUT2D eigenvalue weighted by Crippen LogP contribution is 1.92. The van der Waals surface area contributed by atoms with Crippen LogP contribution in [0.2, 0.25) is 0 Å². The summed E-state index contributed by atoms with van der Waals surface area (Å²) in [5.74, 6) is -0.292. The van der Waals surface area contributed by atoms with Crippen molar-refractivity contribution >= 4 is 12.1 Å². The summed E-state index contributed by atoms with van der Waals surface area (Å²) < 4.78 is 9.13. The van der Waals surface area contributed by atoms with Crippen molar-refractivity contribution < 1.29 is 19.1 Å². The minimum Gasteiger partial charge on any atom is -0.469 e. The van der Waals surface area contributed by atoms with Gasteiger partial charge in [-0.05, 0) is 13.3 Å². The normalized spacial score (nSPS) is 9.08. The molecule has 13 heavy (non-hydrogen) atoms. The molecule has 0 unspecified atom stereocenters. The van der Waals surface area contributed by atoms with Crippen molar-refractivity contribution in [2.45, 2.75) is 19.8 Å². The van der Waals surface area contributed by atoms with Crippen molar-refractivity contribution in [1.82, 2.24) is 5.32 Å². The number of hydrogen-bond acceptors (Lipinski definition) is 4. The quantitative estimate of drug-likeness (QED) is 0.510. The van der Waals surface area contributed by atoms with Crippen LogP contribution in [-0.2, 0) is 14.3 Å². The van der Waals surface area contributed by atoms with Gasteiger partial charge in [-0.2, -0.15) is 0 Å². The second-order valence-corrected chi connectivity index (χ2v) is 2.35. The highest BCUT2D eigenvalue weighted by atomic mass is 16.5. The third kappa shape index (κ3) is 7.11. The van der Waals surface area contributed by atoms with Crippen LogP contribution in [-0.4, -0.2) is 32.3 Å². The van der Waals surface area contributed by atoms with Gasteiger partial charge < -0.3 is 14.8 Å². The number of methoxy groups -OCH3 is 1. The van der Waals surface area contributed by atoms with E-state index < -0.39 is 6.09 Å².